The number of H-pyrrole nitrogens is 1. The van der Waals surface area contributed by atoms with Crippen LogP contribution in [0.2, 0.25) is 0 Å². The molecule has 1 atom stereocenters. The second-order valence-corrected chi connectivity index (χ2v) is 8.08. The molecular formula is C27H34FN5O. The molecule has 0 fully saturated rings. The Bertz CT molecular complexity index is 1160. The minimum Gasteiger partial charge on any atom is -0.385 e. The van der Waals surface area contributed by atoms with E-state index >= 15 is 0 Å². The summed E-state index contributed by atoms with van der Waals surface area (Å²) < 4.78 is 13.2. The number of carbonyl (C=O) groups is 1. The highest BCUT2D eigenvalue weighted by Gasteiger charge is 2.15. The zero-order valence-electron chi connectivity index (χ0n) is 20.4. The Hall–Kier alpha value is -3.48. The largest absolute Gasteiger partial charge is 0.385 e. The lowest BCUT2D eigenvalue weighted by Crippen LogP contribution is -2.25. The van der Waals surface area contributed by atoms with Gasteiger partial charge in [0.25, 0.3) is 5.91 Å². The van der Waals surface area contributed by atoms with Crippen LogP contribution >= 0.6 is 0 Å². The highest BCUT2D eigenvalue weighted by molar-refractivity contribution is 6.04. The number of imidazole rings is 1. The molecule has 180 valence electrons. The monoisotopic (exact) mass is 463 g/mol. The average Bonchev–Trinajstić information content (AvgIpc) is 3.32. The van der Waals surface area contributed by atoms with Gasteiger partial charge in [-0.1, -0.05) is 33.8 Å². The molecule has 0 spiro atoms. The zero-order chi connectivity index (χ0) is 24.5. The fourth-order valence-electron chi connectivity index (χ4n) is 3.75. The molecule has 3 N–H and O–H groups in total. The number of aromatic nitrogens is 3. The molecule has 7 heteroatoms. The van der Waals surface area contributed by atoms with Crippen LogP contribution in [0.15, 0.2) is 60.0 Å². The van der Waals surface area contributed by atoms with E-state index in [1.165, 1.54) is 23.4 Å². The number of carbonyl (C=O) groups excluding carboxylic acids is 1. The number of dihydropyridines is 1. The van der Waals surface area contributed by atoms with Crippen molar-refractivity contribution in [2.45, 2.75) is 47.0 Å². The van der Waals surface area contributed by atoms with E-state index in [1.54, 1.807) is 24.4 Å². The number of hydrogen-bond acceptors (Lipinski definition) is 4. The van der Waals surface area contributed by atoms with E-state index in [0.29, 0.717) is 35.0 Å². The van der Waals surface area contributed by atoms with Crippen molar-refractivity contribution in [2.75, 3.05) is 13.1 Å². The SMILES string of the molecule is CC.CCC(C)C1=CC(CCCNC(=O)c2ccnc3nc(-c4ccc(F)cc4)[nH]c23)=CCN1. The molecular weight excluding hydrogens is 429 g/mol. The fourth-order valence-corrected chi connectivity index (χ4v) is 3.75. The van der Waals surface area contributed by atoms with Crippen molar-refractivity contribution in [1.29, 1.82) is 0 Å². The molecule has 4 rings (SSSR count). The summed E-state index contributed by atoms with van der Waals surface area (Å²) in [6, 6.07) is 7.72. The lowest BCUT2D eigenvalue weighted by Gasteiger charge is -2.20. The van der Waals surface area contributed by atoms with Gasteiger partial charge in [-0.05, 0) is 67.2 Å². The molecule has 0 aliphatic carbocycles. The first-order valence-corrected chi connectivity index (χ1v) is 12.1. The Kier molecular flexibility index (Phi) is 8.96. The number of amides is 1. The topological polar surface area (TPSA) is 82.7 Å². The Morgan fingerprint density at radius 2 is 1.97 bits per heavy atom. The number of benzene rings is 1. The summed E-state index contributed by atoms with van der Waals surface area (Å²) in [5.41, 5.74) is 4.87. The molecule has 34 heavy (non-hydrogen) atoms. The second-order valence-electron chi connectivity index (χ2n) is 8.08. The van der Waals surface area contributed by atoms with Crippen molar-refractivity contribution < 1.29 is 9.18 Å². The summed E-state index contributed by atoms with van der Waals surface area (Å²) in [6.45, 7) is 9.87. The number of aromatic amines is 1. The first-order chi connectivity index (χ1) is 16.5. The van der Waals surface area contributed by atoms with Crippen molar-refractivity contribution in [3.63, 3.8) is 0 Å². The van der Waals surface area contributed by atoms with E-state index in [4.69, 9.17) is 0 Å². The summed E-state index contributed by atoms with van der Waals surface area (Å²) in [4.78, 5) is 24.7. The number of rotatable bonds is 8. The number of pyridine rings is 1. The third-order valence-corrected chi connectivity index (χ3v) is 5.84. The van der Waals surface area contributed by atoms with Gasteiger partial charge in [-0.25, -0.2) is 14.4 Å². The summed E-state index contributed by atoms with van der Waals surface area (Å²) in [7, 11) is 0. The summed E-state index contributed by atoms with van der Waals surface area (Å²) in [5.74, 6) is 0.605. The van der Waals surface area contributed by atoms with Crippen molar-refractivity contribution in [1.82, 2.24) is 25.6 Å². The minimum atomic E-state index is -0.310. The average molecular weight is 464 g/mol. The molecule has 1 amide bonds. The maximum absolute atomic E-state index is 13.2. The van der Waals surface area contributed by atoms with E-state index in [1.807, 2.05) is 13.8 Å². The summed E-state index contributed by atoms with van der Waals surface area (Å²) in [6.07, 6.45) is 8.92. The number of nitrogens with zero attached hydrogens (tertiary/aromatic N) is 2. The third-order valence-electron chi connectivity index (χ3n) is 5.84. The smallest absolute Gasteiger partial charge is 0.253 e. The predicted octanol–water partition coefficient (Wildman–Crippen LogP) is 5.76. The molecule has 1 unspecified atom stereocenters. The molecule has 0 saturated heterocycles. The maximum atomic E-state index is 13.2. The van der Waals surface area contributed by atoms with Crippen molar-refractivity contribution in [2.24, 2.45) is 5.92 Å². The summed E-state index contributed by atoms with van der Waals surface area (Å²) in [5, 5.41) is 6.45. The Morgan fingerprint density at radius 3 is 2.71 bits per heavy atom. The molecule has 0 saturated carbocycles. The Balaban J connectivity index is 0.00000158. The van der Waals surface area contributed by atoms with Gasteiger partial charge in [-0.15, -0.1) is 0 Å². The molecule has 1 aromatic carbocycles. The Morgan fingerprint density at radius 1 is 1.21 bits per heavy atom. The number of nitrogens with one attached hydrogen (secondary N) is 3. The van der Waals surface area contributed by atoms with Crippen LogP contribution in [0, 0.1) is 11.7 Å². The lowest BCUT2D eigenvalue weighted by molar-refractivity contribution is 0.0954. The number of hydrogen-bond donors (Lipinski definition) is 3. The zero-order valence-corrected chi connectivity index (χ0v) is 20.4. The van der Waals surface area contributed by atoms with Crippen LogP contribution in [-0.4, -0.2) is 33.9 Å². The predicted molar refractivity (Wildman–Crippen MR) is 136 cm³/mol. The molecule has 1 aliphatic rings. The molecule has 0 radical (unpaired) electrons. The second kappa shape index (κ2) is 12.1. The van der Waals surface area contributed by atoms with Gasteiger partial charge < -0.3 is 15.6 Å². The normalized spacial score (nSPS) is 13.8. The van der Waals surface area contributed by atoms with Gasteiger partial charge in [0.2, 0.25) is 0 Å². The van der Waals surface area contributed by atoms with Crippen LogP contribution in [0.3, 0.4) is 0 Å². The lowest BCUT2D eigenvalue weighted by atomic mass is 9.98. The first-order valence-electron chi connectivity index (χ1n) is 12.1. The van der Waals surface area contributed by atoms with Crippen LogP contribution in [0.25, 0.3) is 22.6 Å². The quantitative estimate of drug-likeness (QED) is 0.371. The van der Waals surface area contributed by atoms with Crippen molar-refractivity contribution in [3.8, 4) is 11.4 Å². The van der Waals surface area contributed by atoms with E-state index in [-0.39, 0.29) is 11.7 Å². The number of fused-ring (bicyclic) bond motifs is 1. The molecule has 3 heterocycles. The number of allylic oxidation sites excluding steroid dienone is 3. The van der Waals surface area contributed by atoms with E-state index in [0.717, 1.165) is 31.4 Å². The van der Waals surface area contributed by atoms with Crippen LogP contribution < -0.4 is 10.6 Å². The molecule has 2 aromatic heterocycles. The number of halogens is 1. The summed E-state index contributed by atoms with van der Waals surface area (Å²) >= 11 is 0. The maximum Gasteiger partial charge on any atom is 0.253 e. The highest BCUT2D eigenvalue weighted by atomic mass is 19.1. The Labute approximate surface area is 200 Å². The van der Waals surface area contributed by atoms with Crippen LogP contribution in [0.1, 0.15) is 57.3 Å². The van der Waals surface area contributed by atoms with Crippen LogP contribution in [-0.2, 0) is 0 Å². The molecule has 1 aliphatic heterocycles. The van der Waals surface area contributed by atoms with Gasteiger partial charge >= 0.3 is 0 Å². The van der Waals surface area contributed by atoms with Gasteiger partial charge in [0.1, 0.15) is 11.6 Å². The molecule has 0 bridgehead atoms. The van der Waals surface area contributed by atoms with Gasteiger partial charge in [-0.2, -0.15) is 0 Å². The first kappa shape index (κ1) is 25.1. The van der Waals surface area contributed by atoms with Gasteiger partial charge in [0.05, 0.1) is 11.1 Å². The minimum absolute atomic E-state index is 0.165. The van der Waals surface area contributed by atoms with Gasteiger partial charge in [0, 0.05) is 30.5 Å². The van der Waals surface area contributed by atoms with E-state index in [2.05, 4.69) is 51.6 Å². The molecule has 3 aromatic rings. The van der Waals surface area contributed by atoms with Gasteiger partial charge in [0.15, 0.2) is 5.65 Å². The van der Waals surface area contributed by atoms with Gasteiger partial charge in [-0.3, -0.25) is 4.79 Å². The van der Waals surface area contributed by atoms with E-state index in [9.17, 15) is 9.18 Å². The standard InChI is InChI=1S/C25H28FN5O.C2H6/c1-3-16(2)21-15-17(10-13-27-21)5-4-12-29-25(32)20-11-14-28-24-22(20)30-23(31-24)18-6-8-19(26)9-7-18;1-2/h6-11,14-16,27H,3-5,12-13H2,1-2H3,(H,29,32)(H,28,30,31);1-2H3. The van der Waals surface area contributed by atoms with E-state index < -0.39 is 0 Å². The fraction of sp³-hybridized carbons (Fsp3) is 0.370. The van der Waals surface area contributed by atoms with Crippen LogP contribution in [0.4, 0.5) is 4.39 Å². The molecule has 6 nitrogen and oxygen atoms in total. The highest BCUT2D eigenvalue weighted by Crippen LogP contribution is 2.22. The van der Waals surface area contributed by atoms with Crippen molar-refractivity contribution in [3.05, 3.63) is 71.3 Å². The third kappa shape index (κ3) is 6.10. The van der Waals surface area contributed by atoms with Crippen molar-refractivity contribution >= 4 is 17.1 Å². The van der Waals surface area contributed by atoms with Crippen LogP contribution in [0.5, 0.6) is 0 Å².